The predicted octanol–water partition coefficient (Wildman–Crippen LogP) is 7.19. The first kappa shape index (κ1) is 28.4. The number of hydrogen-bond donors (Lipinski definition) is 0. The van der Waals surface area contributed by atoms with Crippen LogP contribution in [-0.2, 0) is 24.4 Å². The molecule has 0 saturated heterocycles. The van der Waals surface area contributed by atoms with Gasteiger partial charge in [0.25, 0.3) is 0 Å². The zero-order chi connectivity index (χ0) is 25.5. The van der Waals surface area contributed by atoms with Gasteiger partial charge in [0.2, 0.25) is 0 Å². The van der Waals surface area contributed by atoms with Gasteiger partial charge in [-0.2, -0.15) is 0 Å². The second-order valence-corrected chi connectivity index (χ2v) is 10.9. The highest BCUT2D eigenvalue weighted by Crippen LogP contribution is 2.49. The quantitative estimate of drug-likeness (QED) is 0.295. The standard InChI is InChI=1S/C29H40Cl2O4/c1-28(19-32-2,21-9-7-6-8-10-21)26(34-4)27(35-5)29(20-33-3,22-11-15-24(30)16-12-22)23-13-17-25(31)18-14-23/h11-18,21,26-27H,6-10,19-20H2,1-5H3. The molecule has 35 heavy (non-hydrogen) atoms. The molecular formula is C29H40Cl2O4. The van der Waals surface area contributed by atoms with Crippen LogP contribution in [0.2, 0.25) is 10.0 Å². The first-order valence-corrected chi connectivity index (χ1v) is 13.2. The third-order valence-electron chi connectivity index (χ3n) is 8.00. The van der Waals surface area contributed by atoms with Gasteiger partial charge in [-0.3, -0.25) is 0 Å². The minimum absolute atomic E-state index is 0.261. The minimum atomic E-state index is -0.678. The van der Waals surface area contributed by atoms with Crippen LogP contribution in [-0.4, -0.2) is 53.9 Å². The van der Waals surface area contributed by atoms with E-state index in [0.717, 1.165) is 24.0 Å². The summed E-state index contributed by atoms with van der Waals surface area (Å²) in [4.78, 5) is 0. The summed E-state index contributed by atoms with van der Waals surface area (Å²) < 4.78 is 24.6. The van der Waals surface area contributed by atoms with Crippen molar-refractivity contribution in [3.8, 4) is 0 Å². The normalized spacial score (nSPS) is 18.7. The molecule has 0 spiro atoms. The van der Waals surface area contributed by atoms with Gasteiger partial charge in [0, 0.05) is 43.9 Å². The molecule has 1 aliphatic rings. The van der Waals surface area contributed by atoms with E-state index >= 15 is 0 Å². The first-order valence-electron chi connectivity index (χ1n) is 12.4. The summed E-state index contributed by atoms with van der Waals surface area (Å²) >= 11 is 12.6. The molecule has 1 fully saturated rings. The third kappa shape index (κ3) is 5.89. The van der Waals surface area contributed by atoms with Crippen molar-refractivity contribution in [2.24, 2.45) is 11.3 Å². The lowest BCUT2D eigenvalue weighted by atomic mass is 9.60. The van der Waals surface area contributed by atoms with E-state index in [9.17, 15) is 0 Å². The van der Waals surface area contributed by atoms with Gasteiger partial charge >= 0.3 is 0 Å². The zero-order valence-electron chi connectivity index (χ0n) is 21.7. The summed E-state index contributed by atoms with van der Waals surface area (Å²) in [6, 6.07) is 15.9. The fourth-order valence-electron chi connectivity index (χ4n) is 6.29. The lowest BCUT2D eigenvalue weighted by Crippen LogP contribution is -2.59. The molecule has 0 amide bonds. The van der Waals surface area contributed by atoms with Gasteiger partial charge in [-0.1, -0.05) is 73.7 Å². The fourth-order valence-corrected chi connectivity index (χ4v) is 6.55. The van der Waals surface area contributed by atoms with Crippen molar-refractivity contribution in [3.05, 3.63) is 69.7 Å². The Morgan fingerprint density at radius 3 is 1.57 bits per heavy atom. The minimum Gasteiger partial charge on any atom is -0.384 e. The van der Waals surface area contributed by atoms with Gasteiger partial charge in [-0.15, -0.1) is 0 Å². The maximum Gasteiger partial charge on any atom is 0.0998 e. The third-order valence-corrected chi connectivity index (χ3v) is 8.51. The SMILES string of the molecule is COCC(c1ccc(Cl)cc1)(c1ccc(Cl)cc1)C(OC)C(OC)C(C)(COC)C1CCCCC1. The van der Waals surface area contributed by atoms with Crippen molar-refractivity contribution in [3.63, 3.8) is 0 Å². The second kappa shape index (κ2) is 12.9. The molecule has 0 bridgehead atoms. The van der Waals surface area contributed by atoms with Gasteiger partial charge in [-0.05, 0) is 54.2 Å². The molecule has 1 saturated carbocycles. The van der Waals surface area contributed by atoms with E-state index in [2.05, 4.69) is 31.2 Å². The maximum atomic E-state index is 6.45. The molecule has 194 valence electrons. The molecule has 2 aromatic carbocycles. The summed E-state index contributed by atoms with van der Waals surface area (Å²) in [5.74, 6) is 0.467. The van der Waals surface area contributed by atoms with Crippen LogP contribution >= 0.6 is 23.2 Å². The Morgan fingerprint density at radius 2 is 1.17 bits per heavy atom. The van der Waals surface area contributed by atoms with Crippen molar-refractivity contribution in [1.82, 2.24) is 0 Å². The Bertz CT molecular complexity index is 850. The molecule has 2 aromatic rings. The molecule has 0 heterocycles. The molecule has 6 heteroatoms. The molecule has 0 radical (unpaired) electrons. The lowest BCUT2D eigenvalue weighted by molar-refractivity contribution is -0.164. The van der Waals surface area contributed by atoms with Crippen LogP contribution in [0, 0.1) is 11.3 Å². The van der Waals surface area contributed by atoms with Gasteiger partial charge in [0.05, 0.1) is 30.8 Å². The van der Waals surface area contributed by atoms with Crippen molar-refractivity contribution >= 4 is 23.2 Å². The van der Waals surface area contributed by atoms with E-state index in [1.54, 1.807) is 28.4 Å². The molecule has 3 unspecified atom stereocenters. The van der Waals surface area contributed by atoms with Crippen LogP contribution in [0.3, 0.4) is 0 Å². The van der Waals surface area contributed by atoms with Crippen LogP contribution in [0.5, 0.6) is 0 Å². The van der Waals surface area contributed by atoms with E-state index in [-0.39, 0.29) is 17.6 Å². The average Bonchev–Trinajstić information content (AvgIpc) is 2.87. The van der Waals surface area contributed by atoms with Gasteiger partial charge < -0.3 is 18.9 Å². The van der Waals surface area contributed by atoms with Crippen LogP contribution in [0.15, 0.2) is 48.5 Å². The molecule has 3 atom stereocenters. The van der Waals surface area contributed by atoms with E-state index in [0.29, 0.717) is 29.2 Å². The van der Waals surface area contributed by atoms with E-state index in [1.165, 1.54) is 19.3 Å². The summed E-state index contributed by atoms with van der Waals surface area (Å²) in [5.41, 5.74) is 1.15. The number of halogens is 2. The van der Waals surface area contributed by atoms with Crippen molar-refractivity contribution < 1.29 is 18.9 Å². The van der Waals surface area contributed by atoms with Gasteiger partial charge in [0.1, 0.15) is 0 Å². The monoisotopic (exact) mass is 522 g/mol. The summed E-state index contributed by atoms with van der Waals surface area (Å²) in [7, 11) is 7.05. The second-order valence-electron chi connectivity index (χ2n) is 10.0. The van der Waals surface area contributed by atoms with Crippen LogP contribution < -0.4 is 0 Å². The van der Waals surface area contributed by atoms with Crippen molar-refractivity contribution in [2.75, 3.05) is 41.7 Å². The Kier molecular flexibility index (Phi) is 10.5. The molecule has 0 N–H and O–H groups in total. The fraction of sp³-hybridized carbons (Fsp3) is 0.586. The van der Waals surface area contributed by atoms with E-state index in [4.69, 9.17) is 42.1 Å². The Hall–Kier alpha value is -1.14. The summed E-state index contributed by atoms with van der Waals surface area (Å²) in [6.45, 7) is 3.27. The number of hydrogen-bond acceptors (Lipinski definition) is 4. The van der Waals surface area contributed by atoms with Crippen LogP contribution in [0.25, 0.3) is 0 Å². The van der Waals surface area contributed by atoms with E-state index in [1.807, 2.05) is 24.3 Å². The molecule has 0 aromatic heterocycles. The maximum absolute atomic E-state index is 6.45. The highest BCUT2D eigenvalue weighted by Gasteiger charge is 2.54. The smallest absolute Gasteiger partial charge is 0.0998 e. The Balaban J connectivity index is 2.24. The van der Waals surface area contributed by atoms with Crippen LogP contribution in [0.4, 0.5) is 0 Å². The Morgan fingerprint density at radius 1 is 0.714 bits per heavy atom. The molecule has 3 rings (SSSR count). The van der Waals surface area contributed by atoms with Gasteiger partial charge in [0.15, 0.2) is 0 Å². The molecule has 0 aliphatic heterocycles. The molecular weight excluding hydrogens is 483 g/mol. The number of benzene rings is 2. The highest BCUT2D eigenvalue weighted by molar-refractivity contribution is 6.30. The number of methoxy groups -OCH3 is 4. The van der Waals surface area contributed by atoms with E-state index < -0.39 is 5.41 Å². The largest absolute Gasteiger partial charge is 0.384 e. The molecule has 1 aliphatic carbocycles. The highest BCUT2D eigenvalue weighted by atomic mass is 35.5. The molecule has 4 nitrogen and oxygen atoms in total. The van der Waals surface area contributed by atoms with Crippen molar-refractivity contribution in [1.29, 1.82) is 0 Å². The number of ether oxygens (including phenoxy) is 4. The summed E-state index contributed by atoms with van der Waals surface area (Å²) in [5, 5.41) is 1.36. The summed E-state index contributed by atoms with van der Waals surface area (Å²) in [6.07, 6.45) is 5.43. The van der Waals surface area contributed by atoms with Gasteiger partial charge in [-0.25, -0.2) is 0 Å². The lowest BCUT2D eigenvalue weighted by Gasteiger charge is -2.51. The topological polar surface area (TPSA) is 36.9 Å². The number of rotatable bonds is 12. The van der Waals surface area contributed by atoms with Crippen molar-refractivity contribution in [2.45, 2.75) is 56.7 Å². The zero-order valence-corrected chi connectivity index (χ0v) is 23.2. The first-order chi connectivity index (χ1) is 16.9. The van der Waals surface area contributed by atoms with Crippen LogP contribution in [0.1, 0.15) is 50.2 Å². The predicted molar refractivity (Wildman–Crippen MR) is 144 cm³/mol. The average molecular weight is 524 g/mol. The Labute approximate surface area is 221 Å².